The summed E-state index contributed by atoms with van der Waals surface area (Å²) in [5.41, 5.74) is -2.09. The number of carboxylic acid groups (broad SMARTS) is 1. The molecule has 0 bridgehead atoms. The first-order valence-electron chi connectivity index (χ1n) is 15.2. The molecule has 17 heteroatoms. The fourth-order valence-corrected chi connectivity index (χ4v) is 5.34. The van der Waals surface area contributed by atoms with E-state index in [1.165, 1.54) is 24.3 Å². The molecule has 51 heavy (non-hydrogen) atoms. The van der Waals surface area contributed by atoms with Crippen LogP contribution in [0.2, 0.25) is 0 Å². The highest BCUT2D eigenvalue weighted by atomic mass is 19.1. The summed E-state index contributed by atoms with van der Waals surface area (Å²) in [6.07, 6.45) is 0.674. The summed E-state index contributed by atoms with van der Waals surface area (Å²) in [5.74, 6) is -5.25. The van der Waals surface area contributed by atoms with Gasteiger partial charge in [-0.3, -0.25) is 29.8 Å². The number of fused-ring (bicyclic) bond motifs is 2. The zero-order valence-electron chi connectivity index (χ0n) is 26.4. The Kier molecular flexibility index (Phi) is 10.9. The van der Waals surface area contributed by atoms with Crippen molar-refractivity contribution in [3.05, 3.63) is 119 Å². The molecule has 0 spiro atoms. The molecule has 2 aliphatic rings. The molecule has 5 rings (SSSR count). The van der Waals surface area contributed by atoms with Crippen LogP contribution in [0.1, 0.15) is 32.7 Å². The van der Waals surface area contributed by atoms with Gasteiger partial charge in [-0.05, 0) is 54.8 Å². The molecular formula is C34H27F2N3O12. The molecule has 1 heterocycles. The highest BCUT2D eigenvalue weighted by molar-refractivity contribution is 6.09. The third kappa shape index (κ3) is 8.11. The number of non-ortho nitro benzene ring substituents is 1. The molecule has 0 fully saturated rings. The van der Waals surface area contributed by atoms with Crippen molar-refractivity contribution in [1.82, 2.24) is 5.32 Å². The van der Waals surface area contributed by atoms with Gasteiger partial charge in [-0.1, -0.05) is 0 Å². The minimum absolute atomic E-state index is 0.00569. The quantitative estimate of drug-likeness (QED) is 0.0534. The number of nitrogens with one attached hydrogen (secondary N) is 1. The number of carboxylic acids is 1. The van der Waals surface area contributed by atoms with E-state index in [4.69, 9.17) is 13.9 Å². The summed E-state index contributed by atoms with van der Waals surface area (Å²) < 4.78 is 45.6. The van der Waals surface area contributed by atoms with E-state index in [0.717, 1.165) is 36.4 Å². The van der Waals surface area contributed by atoms with E-state index < -0.39 is 44.5 Å². The number of aromatic hydroxyl groups is 1. The second-order valence-electron chi connectivity index (χ2n) is 11.0. The molecule has 1 aliphatic carbocycles. The molecule has 0 atom stereocenters. The van der Waals surface area contributed by atoms with Crippen LogP contribution >= 0.6 is 0 Å². The number of hydrogen-bond acceptors (Lipinski definition) is 11. The van der Waals surface area contributed by atoms with E-state index in [1.807, 2.05) is 0 Å². The number of nitrogens with zero attached hydrogens (tertiary/aromatic N) is 2. The van der Waals surface area contributed by atoms with Crippen LogP contribution in [0.4, 0.5) is 20.2 Å². The number of phenols is 1. The van der Waals surface area contributed by atoms with Gasteiger partial charge in [0.15, 0.2) is 17.4 Å². The summed E-state index contributed by atoms with van der Waals surface area (Å²) in [4.78, 5) is 58.1. The zero-order chi connectivity index (χ0) is 36.8. The van der Waals surface area contributed by atoms with E-state index >= 15 is 0 Å². The number of rotatable bonds is 15. The van der Waals surface area contributed by atoms with Crippen molar-refractivity contribution in [2.45, 2.75) is 12.8 Å². The number of benzene rings is 4. The summed E-state index contributed by atoms with van der Waals surface area (Å²) in [6, 6.07) is 10.6. The standard InChI is InChI=1S/C34H27F2N3O12/c35-25-14-23-30(16-28(25)40)51-31-17-29(41)26(36)15-24(31)32(23)22-12-19(4-6-21(22)34(43)44)33(42)37-7-9-50-11-10-49-8-1-2-18-3-5-20(38(45)46)13-27(18)39(47)48/h3-6,12-17,40H,1-2,7-11H2,(H,37,42)(H,43,44). The Morgan fingerprint density at radius 3 is 2.31 bits per heavy atom. The third-order valence-electron chi connectivity index (χ3n) is 7.74. The Morgan fingerprint density at radius 2 is 1.61 bits per heavy atom. The normalized spacial score (nSPS) is 11.2. The maximum Gasteiger partial charge on any atom is 0.336 e. The minimum Gasteiger partial charge on any atom is -0.505 e. The molecule has 0 saturated heterocycles. The van der Waals surface area contributed by atoms with Gasteiger partial charge in [0.25, 0.3) is 17.3 Å². The van der Waals surface area contributed by atoms with E-state index in [0.29, 0.717) is 12.0 Å². The van der Waals surface area contributed by atoms with Crippen LogP contribution in [-0.4, -0.2) is 64.9 Å². The average Bonchev–Trinajstić information content (AvgIpc) is 3.09. The maximum absolute atomic E-state index is 14.5. The van der Waals surface area contributed by atoms with Crippen LogP contribution in [0.5, 0.6) is 5.75 Å². The number of ether oxygens (including phenoxy) is 2. The van der Waals surface area contributed by atoms with Crippen molar-refractivity contribution in [2.24, 2.45) is 0 Å². The fourth-order valence-electron chi connectivity index (χ4n) is 5.34. The van der Waals surface area contributed by atoms with E-state index in [9.17, 15) is 53.6 Å². The van der Waals surface area contributed by atoms with Crippen molar-refractivity contribution in [3.63, 3.8) is 0 Å². The summed E-state index contributed by atoms with van der Waals surface area (Å²) in [7, 11) is 0. The first-order chi connectivity index (χ1) is 24.3. The first-order valence-corrected chi connectivity index (χ1v) is 15.2. The predicted octanol–water partition coefficient (Wildman–Crippen LogP) is 5.46. The smallest absolute Gasteiger partial charge is 0.336 e. The molecule has 0 radical (unpaired) electrons. The second-order valence-corrected chi connectivity index (χ2v) is 11.0. The number of nitro groups is 2. The first kappa shape index (κ1) is 36.0. The fraction of sp³-hybridized carbons (Fsp3) is 0.206. The largest absolute Gasteiger partial charge is 0.505 e. The van der Waals surface area contributed by atoms with Crippen LogP contribution in [-0.2, 0) is 15.9 Å². The van der Waals surface area contributed by atoms with E-state index in [-0.39, 0.29) is 95.3 Å². The third-order valence-corrected chi connectivity index (χ3v) is 7.74. The van der Waals surface area contributed by atoms with Gasteiger partial charge in [-0.2, -0.15) is 0 Å². The molecule has 0 saturated carbocycles. The molecule has 1 amide bonds. The highest BCUT2D eigenvalue weighted by Crippen LogP contribution is 2.43. The lowest BCUT2D eigenvalue weighted by molar-refractivity contribution is -0.394. The Labute approximate surface area is 285 Å². The van der Waals surface area contributed by atoms with Crippen molar-refractivity contribution in [2.75, 3.05) is 33.0 Å². The number of nitro benzene ring substituents is 2. The van der Waals surface area contributed by atoms with E-state index in [1.54, 1.807) is 0 Å². The zero-order valence-corrected chi connectivity index (χ0v) is 26.4. The number of carbonyl (C=O) groups excluding carboxylic acids is 1. The summed E-state index contributed by atoms with van der Waals surface area (Å²) in [6.45, 7) is 0.670. The Hall–Kier alpha value is -6.33. The molecular weight excluding hydrogens is 680 g/mol. The number of hydrogen-bond donors (Lipinski definition) is 3. The molecule has 3 aromatic carbocycles. The minimum atomic E-state index is -1.41. The number of aryl methyl sites for hydroxylation is 1. The number of carbonyl (C=O) groups is 2. The predicted molar refractivity (Wildman–Crippen MR) is 175 cm³/mol. The van der Waals surface area contributed by atoms with Crippen molar-refractivity contribution < 1.29 is 52.3 Å². The molecule has 1 aliphatic heterocycles. The van der Waals surface area contributed by atoms with Gasteiger partial charge in [0, 0.05) is 59.0 Å². The highest BCUT2D eigenvalue weighted by Gasteiger charge is 2.25. The lowest BCUT2D eigenvalue weighted by atomic mass is 9.89. The topological polar surface area (TPSA) is 222 Å². The molecule has 0 aromatic heterocycles. The van der Waals surface area contributed by atoms with Gasteiger partial charge in [0.1, 0.15) is 11.3 Å². The maximum atomic E-state index is 14.5. The Balaban J connectivity index is 1.20. The van der Waals surface area contributed by atoms with E-state index in [2.05, 4.69) is 5.32 Å². The average molecular weight is 708 g/mol. The van der Waals surface area contributed by atoms with Gasteiger partial charge in [0.2, 0.25) is 5.43 Å². The number of phenolic OH excluding ortho intramolecular Hbond substituents is 1. The van der Waals surface area contributed by atoms with Gasteiger partial charge >= 0.3 is 5.97 Å². The van der Waals surface area contributed by atoms with Crippen molar-refractivity contribution >= 4 is 34.2 Å². The molecule has 3 N–H and O–H groups in total. The van der Waals surface area contributed by atoms with Gasteiger partial charge in [-0.15, -0.1) is 0 Å². The number of amides is 1. The molecule has 0 unspecified atom stereocenters. The van der Waals surface area contributed by atoms with Crippen LogP contribution in [0.15, 0.2) is 69.9 Å². The number of halogens is 2. The Bertz CT molecular complexity index is 2200. The van der Waals surface area contributed by atoms with Gasteiger partial charge in [-0.25, -0.2) is 13.6 Å². The van der Waals surface area contributed by atoms with Crippen LogP contribution in [0.3, 0.4) is 0 Å². The van der Waals surface area contributed by atoms with Gasteiger partial charge in [0.05, 0.1) is 41.3 Å². The van der Waals surface area contributed by atoms with Crippen LogP contribution in [0, 0.1) is 31.9 Å². The molecule has 3 aromatic rings. The molecule has 15 nitrogen and oxygen atoms in total. The number of aromatic carboxylic acids is 1. The summed E-state index contributed by atoms with van der Waals surface area (Å²) >= 11 is 0. The Morgan fingerprint density at radius 1 is 0.863 bits per heavy atom. The lowest BCUT2D eigenvalue weighted by Crippen LogP contribution is -2.27. The summed E-state index contributed by atoms with van der Waals surface area (Å²) in [5, 5.41) is 44.6. The monoisotopic (exact) mass is 707 g/mol. The van der Waals surface area contributed by atoms with Crippen LogP contribution < -0.4 is 10.7 Å². The van der Waals surface area contributed by atoms with Crippen molar-refractivity contribution in [1.29, 1.82) is 0 Å². The van der Waals surface area contributed by atoms with Crippen molar-refractivity contribution in [3.8, 4) is 28.2 Å². The molecule has 264 valence electrons. The van der Waals surface area contributed by atoms with Gasteiger partial charge < -0.3 is 29.4 Å². The SMILES string of the molecule is O=C(NCCOCCOCCCc1ccc([N+](=O)[O-])cc1[N+](=O)[O-])c1ccc(C(=O)O)c(-c2c3cc(F)c(=O)cc-3oc3cc(O)c(F)cc23)c1. The van der Waals surface area contributed by atoms with Crippen LogP contribution in [0.25, 0.3) is 33.4 Å². The second kappa shape index (κ2) is 15.5. The lowest BCUT2D eigenvalue weighted by Gasteiger charge is -2.18.